The molecule has 0 unspecified atom stereocenters. The van der Waals surface area contributed by atoms with Crippen molar-refractivity contribution in [2.75, 3.05) is 0 Å². The second-order valence-electron chi connectivity index (χ2n) is 3.05. The third kappa shape index (κ3) is 3.63. The third-order valence-corrected chi connectivity index (χ3v) is 2.66. The quantitative estimate of drug-likeness (QED) is 0.385. The molecule has 0 aliphatic carbocycles. The Morgan fingerprint density at radius 2 is 1.10 bits per heavy atom. The first-order valence-electron chi connectivity index (χ1n) is 3.88. The molecule has 2 nitrogen and oxygen atoms in total. The minimum Gasteiger partial charge on any atom is -0.417 e. The Kier molecular flexibility index (Phi) is 5.38. The zero-order valence-corrected chi connectivity index (χ0v) is 11.4. The van der Waals surface area contributed by atoms with Crippen LogP contribution in [-0.2, 0) is 9.53 Å². The number of hydrogen-bond acceptors (Lipinski definition) is 2. The molecule has 0 aromatic carbocycles. The minimum atomic E-state index is -5.87. The summed E-state index contributed by atoms with van der Waals surface area (Å²) in [6, 6.07) is 0. The van der Waals surface area contributed by atoms with E-state index in [4.69, 9.17) is 0 Å². The highest BCUT2D eigenvalue weighted by Gasteiger charge is 2.73. The molecular weight excluding hydrogens is 398 g/mol. The molecule has 0 radical (unpaired) electrons. The second-order valence-corrected chi connectivity index (χ2v) is 5.26. The maximum atomic E-state index is 12.9. The van der Waals surface area contributed by atoms with Crippen LogP contribution in [-0.4, -0.2) is 33.1 Å². The van der Waals surface area contributed by atoms with Crippen molar-refractivity contribution in [2.45, 2.75) is 27.1 Å². The van der Waals surface area contributed by atoms with Crippen LogP contribution in [0.15, 0.2) is 0 Å². The fourth-order valence-electron chi connectivity index (χ4n) is 0.525. The van der Waals surface area contributed by atoms with E-state index in [0.717, 1.165) is 0 Å². The Morgan fingerprint density at radius 1 is 0.750 bits per heavy atom. The summed E-state index contributed by atoms with van der Waals surface area (Å²) in [4.78, 5) is 10.6. The summed E-state index contributed by atoms with van der Waals surface area (Å²) in [7, 11) is 0. The summed E-state index contributed by atoms with van der Waals surface area (Å²) < 4.78 is 97.9. The maximum Gasteiger partial charge on any atom is 0.419 e. The molecule has 0 saturated carbocycles. The number of hydrogen-bond donors (Lipinski definition) is 0. The monoisotopic (exact) mass is 396 g/mol. The fourth-order valence-corrected chi connectivity index (χ4v) is 1.21. The molecule has 0 amide bonds. The molecule has 0 N–H and O–H groups in total. The fraction of sp³-hybridized carbons (Fsp3) is 0.833. The first-order valence-corrected chi connectivity index (χ1v) is 5.39. The molecule has 0 rings (SSSR count). The molecule has 0 aliphatic heterocycles. The molecule has 120 valence electrons. The summed E-state index contributed by atoms with van der Waals surface area (Å²) >= 11 is 16.6. The predicted octanol–water partition coefficient (Wildman–Crippen LogP) is 4.59. The number of ether oxygens (including phenoxy) is 1. The molecule has 20 heavy (non-hydrogen) atoms. The van der Waals surface area contributed by atoms with E-state index in [-0.39, 0.29) is 0 Å². The van der Waals surface area contributed by atoms with Crippen LogP contribution < -0.4 is 0 Å². The number of halogens is 12. The van der Waals surface area contributed by atoms with Crippen molar-refractivity contribution < 1.29 is 44.7 Å². The third-order valence-electron chi connectivity index (χ3n) is 1.55. The number of esters is 1. The highest BCUT2D eigenvalue weighted by molar-refractivity contribution is 6.49. The molecule has 0 aromatic heterocycles. The van der Waals surface area contributed by atoms with E-state index < -0.39 is 33.1 Å². The maximum absolute atomic E-state index is 12.9. The number of carbonyl (C=O) groups excluding carboxylic acids is 1. The Labute approximate surface area is 124 Å². The van der Waals surface area contributed by atoms with Crippen LogP contribution in [0.1, 0.15) is 0 Å². The average molecular weight is 398 g/mol. The van der Waals surface area contributed by atoms with Crippen molar-refractivity contribution in [3.05, 3.63) is 0 Å². The van der Waals surface area contributed by atoms with E-state index in [0.29, 0.717) is 0 Å². The van der Waals surface area contributed by atoms with Crippen molar-refractivity contribution in [3.8, 4) is 0 Å². The van der Waals surface area contributed by atoms with Gasteiger partial charge in [-0.15, -0.1) is 0 Å². The van der Waals surface area contributed by atoms with E-state index in [1.807, 2.05) is 0 Å². The topological polar surface area (TPSA) is 26.3 Å². The Morgan fingerprint density at radius 3 is 1.35 bits per heavy atom. The van der Waals surface area contributed by atoms with E-state index in [9.17, 15) is 39.9 Å². The summed E-state index contributed by atoms with van der Waals surface area (Å²) in [6.45, 7) is 0. The number of rotatable bonds is 5. The van der Waals surface area contributed by atoms with Crippen molar-refractivity contribution in [3.63, 3.8) is 0 Å². The van der Waals surface area contributed by atoms with Crippen LogP contribution in [0.2, 0.25) is 0 Å². The zero-order chi connectivity index (χ0) is 16.8. The minimum absolute atomic E-state index is 2.88. The highest BCUT2D eigenvalue weighted by atomic mass is 35.5. The van der Waals surface area contributed by atoms with E-state index in [2.05, 4.69) is 51.1 Å². The van der Waals surface area contributed by atoms with Crippen LogP contribution in [0.25, 0.3) is 0 Å². The molecule has 0 aromatic rings. The van der Waals surface area contributed by atoms with Crippen LogP contribution >= 0.6 is 46.4 Å². The average Bonchev–Trinajstić information content (AvgIpc) is 2.12. The lowest BCUT2D eigenvalue weighted by Crippen LogP contribution is -2.55. The molecule has 0 atom stereocenters. The van der Waals surface area contributed by atoms with Gasteiger partial charge < -0.3 is 4.74 Å². The summed E-state index contributed by atoms with van der Waals surface area (Å²) in [5, 5.41) is -11.1. The highest BCUT2D eigenvalue weighted by Crippen LogP contribution is 2.52. The van der Waals surface area contributed by atoms with Gasteiger partial charge in [-0.3, -0.25) is 0 Å². The van der Waals surface area contributed by atoms with Crippen LogP contribution in [0, 0.1) is 0 Å². The van der Waals surface area contributed by atoms with Crippen molar-refractivity contribution in [1.82, 2.24) is 0 Å². The lowest BCUT2D eigenvalue weighted by molar-refractivity contribution is -0.240. The van der Waals surface area contributed by atoms with Gasteiger partial charge in [0.25, 0.3) is 0 Å². The summed E-state index contributed by atoms with van der Waals surface area (Å²) in [5.41, 5.74) is 0. The van der Waals surface area contributed by atoms with Crippen molar-refractivity contribution >= 4 is 52.4 Å². The molecule has 0 aliphatic rings. The van der Waals surface area contributed by atoms with Gasteiger partial charge in [-0.1, -0.05) is 23.2 Å². The van der Waals surface area contributed by atoms with E-state index in [1.165, 1.54) is 0 Å². The van der Waals surface area contributed by atoms with Gasteiger partial charge in [0.05, 0.1) is 0 Å². The largest absolute Gasteiger partial charge is 0.419 e. The zero-order valence-electron chi connectivity index (χ0n) is 8.35. The molecular formula is C6Cl4F8O2. The Balaban J connectivity index is 5.38. The van der Waals surface area contributed by atoms with Gasteiger partial charge in [-0.05, 0) is 23.2 Å². The first kappa shape index (κ1) is 20.1. The Bertz CT molecular complexity index is 387. The first-order chi connectivity index (χ1) is 8.38. The van der Waals surface area contributed by atoms with Gasteiger partial charge in [-0.25, -0.2) is 4.79 Å². The molecule has 0 heterocycles. The van der Waals surface area contributed by atoms with Crippen molar-refractivity contribution in [1.29, 1.82) is 0 Å². The van der Waals surface area contributed by atoms with Crippen LogP contribution in [0.4, 0.5) is 35.1 Å². The van der Waals surface area contributed by atoms with Gasteiger partial charge in [0.1, 0.15) is 0 Å². The second kappa shape index (κ2) is 5.36. The summed E-state index contributed by atoms with van der Waals surface area (Å²) in [5.74, 6) is -15.1. The van der Waals surface area contributed by atoms with Gasteiger partial charge >= 0.3 is 33.1 Å². The van der Waals surface area contributed by atoms with E-state index in [1.54, 1.807) is 0 Å². The van der Waals surface area contributed by atoms with Crippen LogP contribution in [0.3, 0.4) is 0 Å². The lowest BCUT2D eigenvalue weighted by Gasteiger charge is -2.32. The number of carbonyl (C=O) groups is 1. The van der Waals surface area contributed by atoms with Gasteiger partial charge in [0.2, 0.25) is 0 Å². The molecule has 0 spiro atoms. The normalized spacial score (nSPS) is 15.2. The lowest BCUT2D eigenvalue weighted by atomic mass is 10.3. The molecule has 0 bridgehead atoms. The molecule has 0 fully saturated rings. The summed E-state index contributed by atoms with van der Waals surface area (Å²) in [6.07, 6.45) is 0. The van der Waals surface area contributed by atoms with Crippen molar-refractivity contribution in [2.24, 2.45) is 0 Å². The SMILES string of the molecule is O=C(OC(Cl)(Cl)C(F)(F)C(F)(F)Cl)C(F)(F)C(F)(F)Cl. The van der Waals surface area contributed by atoms with Gasteiger partial charge in [-0.2, -0.15) is 35.1 Å². The smallest absolute Gasteiger partial charge is 0.417 e. The number of alkyl halides is 12. The van der Waals surface area contributed by atoms with Gasteiger partial charge in [0.15, 0.2) is 0 Å². The van der Waals surface area contributed by atoms with E-state index >= 15 is 0 Å². The Hall–Kier alpha value is 0.0700. The van der Waals surface area contributed by atoms with Gasteiger partial charge in [0, 0.05) is 0 Å². The predicted molar refractivity (Wildman–Crippen MR) is 52.0 cm³/mol. The molecule has 0 saturated heterocycles. The molecule has 14 heteroatoms. The standard InChI is InChI=1S/C6Cl4F8O2/c7-4(8,3(13,14)6(10,17)18)20-1(19)2(11,12)5(9,15)16. The van der Waals surface area contributed by atoms with Crippen LogP contribution in [0.5, 0.6) is 0 Å².